The topological polar surface area (TPSA) is 91.9 Å². The summed E-state index contributed by atoms with van der Waals surface area (Å²) in [6.45, 7) is 2.16. The number of benzene rings is 1. The van der Waals surface area contributed by atoms with Crippen LogP contribution in [0.3, 0.4) is 0 Å². The Kier molecular flexibility index (Phi) is 4.16. The molecule has 1 N–H and O–H groups in total. The number of nitriles is 1. The van der Waals surface area contributed by atoms with Crippen LogP contribution in [0.4, 0.5) is 4.39 Å². The van der Waals surface area contributed by atoms with Gasteiger partial charge in [-0.1, -0.05) is 13.3 Å². The highest BCUT2D eigenvalue weighted by atomic mass is 19.1. The minimum atomic E-state index is -0.558. The van der Waals surface area contributed by atoms with Gasteiger partial charge in [0.2, 0.25) is 0 Å². The summed E-state index contributed by atoms with van der Waals surface area (Å²) in [4.78, 5) is 7.51. The molecular weight excluding hydrogens is 371 g/mol. The minimum Gasteiger partial charge on any atom is -0.490 e. The molecule has 0 spiro atoms. The summed E-state index contributed by atoms with van der Waals surface area (Å²) in [5.74, 6) is 1.38. The highest BCUT2D eigenvalue weighted by Crippen LogP contribution is 2.43. The first-order valence-electron chi connectivity index (χ1n) is 9.71. The van der Waals surface area contributed by atoms with E-state index in [0.717, 1.165) is 41.9 Å². The van der Waals surface area contributed by atoms with Gasteiger partial charge in [-0.15, -0.1) is 10.2 Å². The van der Waals surface area contributed by atoms with Crippen LogP contribution < -0.4 is 4.74 Å². The third-order valence-electron chi connectivity index (χ3n) is 5.84. The number of halogens is 1. The first-order valence-corrected chi connectivity index (χ1v) is 9.71. The molecule has 0 bridgehead atoms. The molecule has 7 nitrogen and oxygen atoms in total. The Labute approximate surface area is 166 Å². The summed E-state index contributed by atoms with van der Waals surface area (Å²) in [6.07, 6.45) is 6.15. The molecule has 1 aliphatic carbocycles. The molecule has 0 radical (unpaired) electrons. The lowest BCUT2D eigenvalue weighted by molar-refractivity contribution is 0.202. The molecule has 0 amide bonds. The van der Waals surface area contributed by atoms with Gasteiger partial charge in [0.25, 0.3) is 0 Å². The van der Waals surface area contributed by atoms with Crippen LogP contribution in [0.5, 0.6) is 5.75 Å². The average molecular weight is 390 g/mol. The van der Waals surface area contributed by atoms with E-state index in [1.165, 1.54) is 12.1 Å². The van der Waals surface area contributed by atoms with Crippen molar-refractivity contribution in [2.24, 2.45) is 5.92 Å². The molecule has 3 unspecified atom stereocenters. The maximum atomic E-state index is 13.9. The molecule has 8 heteroatoms. The van der Waals surface area contributed by atoms with Gasteiger partial charge in [-0.25, -0.2) is 9.37 Å². The number of H-pyrrole nitrogens is 1. The molecule has 3 aromatic heterocycles. The summed E-state index contributed by atoms with van der Waals surface area (Å²) >= 11 is 0. The number of hydrogen-bond acceptors (Lipinski definition) is 5. The van der Waals surface area contributed by atoms with Crippen LogP contribution in [-0.4, -0.2) is 30.7 Å². The zero-order chi connectivity index (χ0) is 20.0. The van der Waals surface area contributed by atoms with Crippen LogP contribution in [0.25, 0.3) is 16.8 Å². The number of ether oxygens (including phenoxy) is 1. The first-order chi connectivity index (χ1) is 14.2. The van der Waals surface area contributed by atoms with Crippen molar-refractivity contribution < 1.29 is 9.13 Å². The molecule has 29 heavy (non-hydrogen) atoms. The van der Waals surface area contributed by atoms with Crippen molar-refractivity contribution in [3.63, 3.8) is 0 Å². The van der Waals surface area contributed by atoms with Crippen molar-refractivity contribution in [2.45, 2.75) is 38.2 Å². The van der Waals surface area contributed by atoms with E-state index in [4.69, 9.17) is 10.00 Å². The van der Waals surface area contributed by atoms with E-state index >= 15 is 0 Å². The zero-order valence-corrected chi connectivity index (χ0v) is 15.8. The van der Waals surface area contributed by atoms with Crippen molar-refractivity contribution in [1.82, 2.24) is 24.6 Å². The van der Waals surface area contributed by atoms with E-state index in [1.54, 1.807) is 12.3 Å². The second-order valence-electron chi connectivity index (χ2n) is 7.46. The quantitative estimate of drug-likeness (QED) is 0.569. The highest BCUT2D eigenvalue weighted by Gasteiger charge is 2.38. The standard InChI is InChI=1S/C21H19FN6O/c1-2-12-7-15(29-14-4-3-13(10-23)17(22)9-14)8-16(12)21-27-26-19-11-25-20-18(28(19)21)5-6-24-20/h3-6,9,11-12,15-16,24H,2,7-8H2,1H3. The van der Waals surface area contributed by atoms with Crippen LogP contribution in [0, 0.1) is 23.1 Å². The van der Waals surface area contributed by atoms with E-state index in [1.807, 2.05) is 18.3 Å². The number of aromatic amines is 1. The molecule has 4 aromatic rings. The van der Waals surface area contributed by atoms with Gasteiger partial charge in [0, 0.05) is 18.2 Å². The van der Waals surface area contributed by atoms with E-state index < -0.39 is 5.82 Å². The lowest BCUT2D eigenvalue weighted by Crippen LogP contribution is -2.13. The van der Waals surface area contributed by atoms with Crippen LogP contribution in [-0.2, 0) is 0 Å². The molecule has 1 saturated carbocycles. The number of rotatable bonds is 4. The molecule has 1 aliphatic rings. The Hall–Kier alpha value is -3.47. The normalized spacial score (nSPS) is 21.6. The Bertz CT molecular complexity index is 1240. The lowest BCUT2D eigenvalue weighted by Gasteiger charge is -2.15. The number of nitrogens with one attached hydrogen (secondary N) is 1. The van der Waals surface area contributed by atoms with E-state index in [-0.39, 0.29) is 17.6 Å². The maximum Gasteiger partial charge on any atom is 0.179 e. The predicted molar refractivity (Wildman–Crippen MR) is 104 cm³/mol. The Morgan fingerprint density at radius 1 is 1.31 bits per heavy atom. The first kappa shape index (κ1) is 17.6. The van der Waals surface area contributed by atoms with Gasteiger partial charge in [-0.2, -0.15) is 5.26 Å². The third-order valence-corrected chi connectivity index (χ3v) is 5.84. The fourth-order valence-electron chi connectivity index (χ4n) is 4.43. The van der Waals surface area contributed by atoms with E-state index in [0.29, 0.717) is 11.7 Å². The van der Waals surface area contributed by atoms with Crippen molar-refractivity contribution in [1.29, 1.82) is 5.26 Å². The van der Waals surface area contributed by atoms with E-state index in [2.05, 4.69) is 31.5 Å². The second-order valence-corrected chi connectivity index (χ2v) is 7.46. The van der Waals surface area contributed by atoms with Gasteiger partial charge in [-0.3, -0.25) is 4.40 Å². The molecule has 1 aromatic carbocycles. The van der Waals surface area contributed by atoms with Gasteiger partial charge in [0.15, 0.2) is 11.3 Å². The Morgan fingerprint density at radius 3 is 3.00 bits per heavy atom. The third kappa shape index (κ3) is 2.90. The lowest BCUT2D eigenvalue weighted by atomic mass is 9.93. The molecule has 146 valence electrons. The summed E-state index contributed by atoms with van der Waals surface area (Å²) in [5, 5.41) is 17.7. The molecule has 3 atom stereocenters. The number of hydrogen-bond donors (Lipinski definition) is 1. The fourth-order valence-corrected chi connectivity index (χ4v) is 4.43. The van der Waals surface area contributed by atoms with Crippen molar-refractivity contribution in [3.05, 3.63) is 53.9 Å². The Morgan fingerprint density at radius 2 is 2.21 bits per heavy atom. The average Bonchev–Trinajstić information content (AvgIpc) is 3.44. The molecule has 0 aliphatic heterocycles. The van der Waals surface area contributed by atoms with Crippen molar-refractivity contribution >= 4 is 16.8 Å². The van der Waals surface area contributed by atoms with Crippen LogP contribution in [0.2, 0.25) is 0 Å². The maximum absolute atomic E-state index is 13.9. The van der Waals surface area contributed by atoms with Gasteiger partial charge >= 0.3 is 0 Å². The van der Waals surface area contributed by atoms with Crippen LogP contribution >= 0.6 is 0 Å². The second kappa shape index (κ2) is 6.85. The summed E-state index contributed by atoms with van der Waals surface area (Å²) in [6, 6.07) is 8.20. The number of nitrogens with zero attached hydrogens (tertiary/aromatic N) is 5. The van der Waals surface area contributed by atoms with E-state index in [9.17, 15) is 4.39 Å². The van der Waals surface area contributed by atoms with Crippen molar-refractivity contribution in [2.75, 3.05) is 0 Å². The molecular formula is C21H19FN6O. The van der Waals surface area contributed by atoms with Gasteiger partial charge in [0.1, 0.15) is 23.5 Å². The molecule has 3 heterocycles. The van der Waals surface area contributed by atoms with Gasteiger partial charge in [0.05, 0.1) is 23.4 Å². The zero-order valence-electron chi connectivity index (χ0n) is 15.8. The minimum absolute atomic E-state index is 0.0205. The van der Waals surface area contributed by atoms with Crippen LogP contribution in [0.1, 0.15) is 43.5 Å². The molecule has 0 saturated heterocycles. The van der Waals surface area contributed by atoms with Crippen LogP contribution in [0.15, 0.2) is 36.7 Å². The largest absolute Gasteiger partial charge is 0.490 e. The fraction of sp³-hybridized carbons (Fsp3) is 0.333. The molecule has 1 fully saturated rings. The number of fused-ring (bicyclic) bond motifs is 3. The summed E-state index contributed by atoms with van der Waals surface area (Å²) < 4.78 is 22.1. The molecule has 5 rings (SSSR count). The summed E-state index contributed by atoms with van der Waals surface area (Å²) in [7, 11) is 0. The highest BCUT2D eigenvalue weighted by molar-refractivity contribution is 5.74. The van der Waals surface area contributed by atoms with Gasteiger partial charge in [-0.05, 0) is 37.0 Å². The monoisotopic (exact) mass is 390 g/mol. The Balaban J connectivity index is 1.46. The summed E-state index contributed by atoms with van der Waals surface area (Å²) in [5.41, 5.74) is 2.49. The smallest absolute Gasteiger partial charge is 0.179 e. The van der Waals surface area contributed by atoms with Crippen molar-refractivity contribution in [3.8, 4) is 11.8 Å². The van der Waals surface area contributed by atoms with Gasteiger partial charge < -0.3 is 9.72 Å². The predicted octanol–water partition coefficient (Wildman–Crippen LogP) is 3.97. The number of aromatic nitrogens is 5. The SMILES string of the molecule is CCC1CC(Oc2ccc(C#N)c(F)c2)CC1c1nnc2cnc3[nH]ccc3n12.